The molecule has 0 atom stereocenters. The van der Waals surface area contributed by atoms with Crippen LogP contribution in [0.3, 0.4) is 0 Å². The van der Waals surface area contributed by atoms with Crippen LogP contribution >= 0.6 is 0 Å². The first-order valence-electron chi connectivity index (χ1n) is 9.03. The number of nitrogens with zero attached hydrogens (tertiary/aromatic N) is 2. The summed E-state index contributed by atoms with van der Waals surface area (Å²) in [5.74, 6) is -1.39. The Morgan fingerprint density at radius 3 is 2.26 bits per heavy atom. The predicted octanol–water partition coefficient (Wildman–Crippen LogP) is 5.49. The Kier molecular flexibility index (Phi) is 9.65. The van der Waals surface area contributed by atoms with Gasteiger partial charge in [0.15, 0.2) is 0 Å². The number of hydrogen-bond donors (Lipinski definition) is 0. The average molecular weight is 372 g/mol. The van der Waals surface area contributed by atoms with Gasteiger partial charge in [-0.25, -0.2) is 13.8 Å². The topological polar surface area (TPSA) is 32.7 Å². The number of carbonyl (C=O) groups excluding carboxylic acids is 1. The van der Waals surface area contributed by atoms with Gasteiger partial charge in [-0.05, 0) is 42.7 Å². The molecule has 2 aromatic carbocycles. The first kappa shape index (κ1) is 22.2. The second-order valence-corrected chi connectivity index (χ2v) is 5.52. The summed E-state index contributed by atoms with van der Waals surface area (Å²) in [6.45, 7) is 8.09. The highest BCUT2D eigenvalue weighted by Crippen LogP contribution is 2.13. The Labute approximate surface area is 160 Å². The quantitative estimate of drug-likeness (QED) is 0.359. The second kappa shape index (κ2) is 11.7. The molecule has 0 aliphatic rings. The molecule has 0 radical (unpaired) electrons. The maximum Gasteiger partial charge on any atom is 0.230 e. The van der Waals surface area contributed by atoms with Crippen LogP contribution < -0.4 is 0 Å². The molecule has 0 aromatic heterocycles. The van der Waals surface area contributed by atoms with E-state index in [0.717, 1.165) is 23.6 Å². The number of allylic oxidation sites excluding steroid dienone is 2. The zero-order valence-electron chi connectivity index (χ0n) is 16.2. The number of aryl methyl sites for hydroxylation is 1. The van der Waals surface area contributed by atoms with Crippen molar-refractivity contribution in [2.75, 3.05) is 0 Å². The number of carbonyl (C=O) groups is 1. The summed E-state index contributed by atoms with van der Waals surface area (Å²) >= 11 is 0. The molecule has 0 aliphatic carbocycles. The lowest BCUT2D eigenvalue weighted by Crippen LogP contribution is -2.17. The minimum absolute atomic E-state index is 0.268. The summed E-state index contributed by atoms with van der Waals surface area (Å²) in [5.41, 5.74) is 2.66. The summed E-state index contributed by atoms with van der Waals surface area (Å²) in [6, 6.07) is 11.0. The maximum atomic E-state index is 13.5. The molecule has 0 saturated carbocycles. The fraction of sp³-hybridized carbons (Fsp3) is 0.273. The van der Waals surface area contributed by atoms with E-state index in [2.05, 4.69) is 12.0 Å². The SMILES string of the molecule is C/C=C\C(=N/N(C=O)Cc1cccc(CC)c1)c1cc(F)cc(F)c1.CC. The van der Waals surface area contributed by atoms with Gasteiger partial charge in [-0.2, -0.15) is 5.10 Å². The number of benzene rings is 2. The molecule has 3 nitrogen and oxygen atoms in total. The highest BCUT2D eigenvalue weighted by molar-refractivity contribution is 6.08. The van der Waals surface area contributed by atoms with Crippen LogP contribution in [0, 0.1) is 11.6 Å². The fourth-order valence-corrected chi connectivity index (χ4v) is 2.42. The minimum Gasteiger partial charge on any atom is -0.277 e. The number of rotatable bonds is 7. The van der Waals surface area contributed by atoms with Crippen LogP contribution in [0.15, 0.2) is 59.7 Å². The van der Waals surface area contributed by atoms with Crippen molar-refractivity contribution < 1.29 is 13.6 Å². The molecule has 0 saturated heterocycles. The lowest BCUT2D eigenvalue weighted by Gasteiger charge is -2.14. The second-order valence-electron chi connectivity index (χ2n) is 5.52. The molecule has 144 valence electrons. The normalized spacial score (nSPS) is 11.1. The van der Waals surface area contributed by atoms with Crippen molar-refractivity contribution >= 4 is 12.1 Å². The molecule has 0 spiro atoms. The molecular formula is C22H26F2N2O. The van der Waals surface area contributed by atoms with Crippen LogP contribution in [0.2, 0.25) is 0 Å². The molecule has 0 unspecified atom stereocenters. The van der Waals surface area contributed by atoms with Crippen LogP contribution in [0.1, 0.15) is 44.4 Å². The summed E-state index contributed by atoms with van der Waals surface area (Å²) in [7, 11) is 0. The van der Waals surface area contributed by atoms with Crippen molar-refractivity contribution in [2.24, 2.45) is 5.10 Å². The smallest absolute Gasteiger partial charge is 0.230 e. The highest BCUT2D eigenvalue weighted by atomic mass is 19.1. The third-order valence-electron chi connectivity index (χ3n) is 3.58. The van der Waals surface area contributed by atoms with Crippen molar-refractivity contribution in [1.82, 2.24) is 5.01 Å². The average Bonchev–Trinajstić information content (AvgIpc) is 2.68. The van der Waals surface area contributed by atoms with Gasteiger partial charge < -0.3 is 0 Å². The molecular weight excluding hydrogens is 346 g/mol. The van der Waals surface area contributed by atoms with Crippen molar-refractivity contribution in [3.63, 3.8) is 0 Å². The molecule has 5 heteroatoms. The monoisotopic (exact) mass is 372 g/mol. The number of amides is 1. The van der Waals surface area contributed by atoms with Gasteiger partial charge in [-0.15, -0.1) is 0 Å². The van der Waals surface area contributed by atoms with Crippen LogP contribution in [0.25, 0.3) is 0 Å². The molecule has 0 aliphatic heterocycles. The Morgan fingerprint density at radius 1 is 1.07 bits per heavy atom. The molecule has 0 fully saturated rings. The molecule has 0 heterocycles. The highest BCUT2D eigenvalue weighted by Gasteiger charge is 2.09. The summed E-state index contributed by atoms with van der Waals surface area (Å²) in [4.78, 5) is 11.4. The summed E-state index contributed by atoms with van der Waals surface area (Å²) < 4.78 is 27.0. The molecule has 27 heavy (non-hydrogen) atoms. The van der Waals surface area contributed by atoms with Crippen molar-refractivity contribution in [2.45, 2.75) is 40.7 Å². The van der Waals surface area contributed by atoms with Gasteiger partial charge in [0, 0.05) is 11.6 Å². The van der Waals surface area contributed by atoms with Crippen LogP contribution in [-0.2, 0) is 17.8 Å². The number of hydrogen-bond acceptors (Lipinski definition) is 2. The summed E-state index contributed by atoms with van der Waals surface area (Å²) in [5, 5.41) is 5.46. The predicted molar refractivity (Wildman–Crippen MR) is 106 cm³/mol. The largest absolute Gasteiger partial charge is 0.277 e. The molecule has 0 N–H and O–H groups in total. The Hall–Kier alpha value is -2.82. The molecule has 2 rings (SSSR count). The van der Waals surface area contributed by atoms with E-state index in [-0.39, 0.29) is 12.1 Å². The minimum atomic E-state index is -0.694. The van der Waals surface area contributed by atoms with E-state index < -0.39 is 11.6 Å². The van der Waals surface area contributed by atoms with Gasteiger partial charge >= 0.3 is 0 Å². The van der Waals surface area contributed by atoms with E-state index in [1.54, 1.807) is 19.1 Å². The number of hydrazone groups is 1. The standard InChI is InChI=1S/C20H20F2N2O.C2H6/c1-3-6-20(17-10-18(21)12-19(22)11-17)23-24(14-25)13-16-8-5-7-15(4-2)9-16;1-2/h3,5-12,14H,4,13H2,1-2H3;1-2H3/b6-3-,23-20+;. The van der Waals surface area contributed by atoms with E-state index in [1.807, 2.05) is 38.1 Å². The first-order chi connectivity index (χ1) is 13.0. The molecule has 1 amide bonds. The third-order valence-corrected chi connectivity index (χ3v) is 3.58. The lowest BCUT2D eigenvalue weighted by molar-refractivity contribution is -0.118. The van der Waals surface area contributed by atoms with Gasteiger partial charge in [0.1, 0.15) is 11.6 Å². The van der Waals surface area contributed by atoms with Gasteiger partial charge in [0.25, 0.3) is 0 Å². The molecule has 2 aromatic rings. The van der Waals surface area contributed by atoms with E-state index in [4.69, 9.17) is 0 Å². The van der Waals surface area contributed by atoms with Gasteiger partial charge in [-0.3, -0.25) is 4.79 Å². The maximum absolute atomic E-state index is 13.5. The van der Waals surface area contributed by atoms with Crippen molar-refractivity contribution in [1.29, 1.82) is 0 Å². The zero-order valence-corrected chi connectivity index (χ0v) is 16.2. The van der Waals surface area contributed by atoms with E-state index in [0.29, 0.717) is 12.1 Å². The molecule has 0 bridgehead atoms. The zero-order chi connectivity index (χ0) is 20.2. The van der Waals surface area contributed by atoms with E-state index in [9.17, 15) is 13.6 Å². The number of halogens is 2. The van der Waals surface area contributed by atoms with Crippen molar-refractivity contribution in [3.8, 4) is 0 Å². The van der Waals surface area contributed by atoms with E-state index >= 15 is 0 Å². The van der Waals surface area contributed by atoms with E-state index in [1.165, 1.54) is 17.1 Å². The van der Waals surface area contributed by atoms with Crippen molar-refractivity contribution in [3.05, 3.63) is 82.9 Å². The third kappa shape index (κ3) is 7.13. The Balaban J connectivity index is 0.00000176. The summed E-state index contributed by atoms with van der Waals surface area (Å²) in [6.07, 6.45) is 4.79. The first-order valence-corrected chi connectivity index (χ1v) is 9.03. The Morgan fingerprint density at radius 2 is 1.70 bits per heavy atom. The fourth-order valence-electron chi connectivity index (χ4n) is 2.42. The lowest BCUT2D eigenvalue weighted by atomic mass is 10.1. The van der Waals surface area contributed by atoms with Crippen LogP contribution in [-0.4, -0.2) is 17.1 Å². The van der Waals surface area contributed by atoms with Crippen LogP contribution in [0.5, 0.6) is 0 Å². The van der Waals surface area contributed by atoms with Gasteiger partial charge in [0.2, 0.25) is 6.41 Å². The Bertz CT molecular complexity index is 780. The van der Waals surface area contributed by atoms with Crippen LogP contribution in [0.4, 0.5) is 8.78 Å². The van der Waals surface area contributed by atoms with Gasteiger partial charge in [-0.1, -0.05) is 51.1 Å². The van der Waals surface area contributed by atoms with Gasteiger partial charge in [0.05, 0.1) is 12.3 Å².